The van der Waals surface area contributed by atoms with Gasteiger partial charge in [0, 0.05) is 32.4 Å². The first kappa shape index (κ1) is 12.3. The average Bonchev–Trinajstić information content (AvgIpc) is 2.88. The topological polar surface area (TPSA) is 50.5 Å². The van der Waals surface area contributed by atoms with Crippen molar-refractivity contribution in [2.24, 2.45) is 0 Å². The Morgan fingerprint density at radius 2 is 2.22 bits per heavy atom. The van der Waals surface area contributed by atoms with Crippen molar-refractivity contribution < 1.29 is 9.15 Å². The van der Waals surface area contributed by atoms with Gasteiger partial charge >= 0.3 is 0 Å². The first-order chi connectivity index (χ1) is 8.72. The Labute approximate surface area is 106 Å². The summed E-state index contributed by atoms with van der Waals surface area (Å²) in [6.07, 6.45) is 5.10. The molecular weight excluding hydrogens is 230 g/mol. The Bertz CT molecular complexity index is 495. The Balaban J connectivity index is 2.23. The summed E-state index contributed by atoms with van der Waals surface area (Å²) >= 11 is 0. The summed E-state index contributed by atoms with van der Waals surface area (Å²) in [7, 11) is 5.58. The highest BCUT2D eigenvalue weighted by Crippen LogP contribution is 2.32. The van der Waals surface area contributed by atoms with Crippen molar-refractivity contribution in [2.75, 3.05) is 31.4 Å². The number of furan rings is 1. The number of hydrogen-bond acceptors (Lipinski definition) is 5. The van der Waals surface area contributed by atoms with Gasteiger partial charge in [-0.25, -0.2) is 4.98 Å². The SMILES string of the molecule is COc1nccc(N(C)C)c1NCc1ccoc1. The van der Waals surface area contributed by atoms with E-state index in [0.29, 0.717) is 12.4 Å². The van der Waals surface area contributed by atoms with Gasteiger partial charge < -0.3 is 19.4 Å². The van der Waals surface area contributed by atoms with Crippen molar-refractivity contribution >= 4 is 11.4 Å². The minimum Gasteiger partial charge on any atom is -0.479 e. The van der Waals surface area contributed by atoms with Crippen molar-refractivity contribution in [1.29, 1.82) is 0 Å². The number of rotatable bonds is 5. The van der Waals surface area contributed by atoms with Crippen molar-refractivity contribution in [2.45, 2.75) is 6.54 Å². The zero-order chi connectivity index (χ0) is 13.0. The van der Waals surface area contributed by atoms with Crippen LogP contribution >= 0.6 is 0 Å². The number of pyridine rings is 1. The van der Waals surface area contributed by atoms with E-state index in [4.69, 9.17) is 9.15 Å². The summed E-state index contributed by atoms with van der Waals surface area (Å²) in [5.74, 6) is 0.588. The van der Waals surface area contributed by atoms with Crippen LogP contribution in [0.15, 0.2) is 35.3 Å². The molecular formula is C13H17N3O2. The van der Waals surface area contributed by atoms with Gasteiger partial charge in [-0.3, -0.25) is 0 Å². The number of hydrogen-bond donors (Lipinski definition) is 1. The molecule has 0 amide bonds. The molecule has 0 fully saturated rings. The molecule has 0 spiro atoms. The van der Waals surface area contributed by atoms with Crippen LogP contribution in [0.4, 0.5) is 11.4 Å². The van der Waals surface area contributed by atoms with Crippen LogP contribution in [0.3, 0.4) is 0 Å². The molecule has 0 saturated heterocycles. The second kappa shape index (κ2) is 5.44. The molecule has 2 rings (SSSR count). The highest BCUT2D eigenvalue weighted by molar-refractivity contribution is 5.74. The van der Waals surface area contributed by atoms with Gasteiger partial charge in [-0.05, 0) is 12.1 Å². The van der Waals surface area contributed by atoms with Crippen molar-refractivity contribution in [3.63, 3.8) is 0 Å². The quantitative estimate of drug-likeness (QED) is 0.879. The van der Waals surface area contributed by atoms with Crippen molar-refractivity contribution in [3.05, 3.63) is 36.4 Å². The first-order valence-corrected chi connectivity index (χ1v) is 5.67. The number of methoxy groups -OCH3 is 1. The van der Waals surface area contributed by atoms with E-state index in [9.17, 15) is 0 Å². The van der Waals surface area contributed by atoms with Crippen LogP contribution in [0.5, 0.6) is 5.88 Å². The van der Waals surface area contributed by atoms with Gasteiger partial charge in [0.15, 0.2) is 0 Å². The van der Waals surface area contributed by atoms with Gasteiger partial charge in [-0.15, -0.1) is 0 Å². The summed E-state index contributed by atoms with van der Waals surface area (Å²) < 4.78 is 10.3. The molecule has 96 valence electrons. The number of nitrogens with one attached hydrogen (secondary N) is 1. The molecule has 0 saturated carbocycles. The van der Waals surface area contributed by atoms with E-state index in [2.05, 4.69) is 10.3 Å². The lowest BCUT2D eigenvalue weighted by atomic mass is 10.3. The standard InChI is InChI=1S/C13H17N3O2/c1-16(2)11-4-6-14-13(17-3)12(11)15-8-10-5-7-18-9-10/h4-7,9,15H,8H2,1-3H3. The molecule has 0 aromatic carbocycles. The van der Waals surface area contributed by atoms with Gasteiger partial charge in [0.05, 0.1) is 25.3 Å². The van der Waals surface area contributed by atoms with Crippen LogP contribution in [-0.4, -0.2) is 26.2 Å². The molecule has 0 aliphatic carbocycles. The maximum Gasteiger partial charge on any atom is 0.239 e. The summed E-state index contributed by atoms with van der Waals surface area (Å²) in [5, 5.41) is 3.33. The normalized spacial score (nSPS) is 10.2. The maximum atomic E-state index is 5.28. The Morgan fingerprint density at radius 1 is 1.39 bits per heavy atom. The molecule has 2 aromatic heterocycles. The highest BCUT2D eigenvalue weighted by Gasteiger charge is 2.11. The fourth-order valence-corrected chi connectivity index (χ4v) is 1.71. The molecule has 18 heavy (non-hydrogen) atoms. The lowest BCUT2D eigenvalue weighted by Crippen LogP contribution is -2.13. The van der Waals surface area contributed by atoms with E-state index < -0.39 is 0 Å². The van der Waals surface area contributed by atoms with E-state index in [0.717, 1.165) is 16.9 Å². The zero-order valence-corrected chi connectivity index (χ0v) is 10.8. The molecule has 0 bridgehead atoms. The van der Waals surface area contributed by atoms with E-state index in [1.165, 1.54) is 0 Å². The molecule has 0 radical (unpaired) electrons. The van der Waals surface area contributed by atoms with Crippen LogP contribution in [0.2, 0.25) is 0 Å². The van der Waals surface area contributed by atoms with Gasteiger partial charge in [0.25, 0.3) is 0 Å². The second-order valence-corrected chi connectivity index (χ2v) is 4.09. The average molecular weight is 247 g/mol. The largest absolute Gasteiger partial charge is 0.479 e. The summed E-state index contributed by atoms with van der Waals surface area (Å²) in [5.41, 5.74) is 2.99. The molecule has 0 aliphatic heterocycles. The number of aromatic nitrogens is 1. The van der Waals surface area contributed by atoms with E-state index in [-0.39, 0.29) is 0 Å². The Hall–Kier alpha value is -2.17. The fourth-order valence-electron chi connectivity index (χ4n) is 1.71. The van der Waals surface area contributed by atoms with Crippen LogP contribution in [0.25, 0.3) is 0 Å². The van der Waals surface area contributed by atoms with Gasteiger partial charge in [0.2, 0.25) is 5.88 Å². The Kier molecular flexibility index (Phi) is 3.72. The molecule has 0 atom stereocenters. The molecule has 5 nitrogen and oxygen atoms in total. The first-order valence-electron chi connectivity index (χ1n) is 5.67. The number of nitrogens with zero attached hydrogens (tertiary/aromatic N) is 2. The third-order valence-electron chi connectivity index (χ3n) is 2.62. The lowest BCUT2D eigenvalue weighted by Gasteiger charge is -2.19. The summed E-state index contributed by atoms with van der Waals surface area (Å²) in [6, 6.07) is 3.87. The van der Waals surface area contributed by atoms with Crippen molar-refractivity contribution in [1.82, 2.24) is 4.98 Å². The number of anilines is 2. The predicted octanol–water partition coefficient (Wildman–Crippen LogP) is 2.36. The molecule has 2 aromatic rings. The van der Waals surface area contributed by atoms with Gasteiger partial charge in [-0.2, -0.15) is 0 Å². The maximum absolute atomic E-state index is 5.28. The number of ether oxygens (including phenoxy) is 1. The van der Waals surface area contributed by atoms with Gasteiger partial charge in [-0.1, -0.05) is 0 Å². The Morgan fingerprint density at radius 3 is 2.83 bits per heavy atom. The second-order valence-electron chi connectivity index (χ2n) is 4.09. The van der Waals surface area contributed by atoms with Crippen LogP contribution in [0.1, 0.15) is 5.56 Å². The van der Waals surface area contributed by atoms with Gasteiger partial charge in [0.1, 0.15) is 5.69 Å². The lowest BCUT2D eigenvalue weighted by molar-refractivity contribution is 0.400. The minimum absolute atomic E-state index is 0.588. The smallest absolute Gasteiger partial charge is 0.239 e. The monoisotopic (exact) mass is 247 g/mol. The van der Waals surface area contributed by atoms with E-state index >= 15 is 0 Å². The molecule has 1 N–H and O–H groups in total. The summed E-state index contributed by atoms with van der Waals surface area (Å²) in [6.45, 7) is 0.666. The van der Waals surface area contributed by atoms with E-state index in [1.807, 2.05) is 31.1 Å². The van der Waals surface area contributed by atoms with Crippen LogP contribution in [0, 0.1) is 0 Å². The fraction of sp³-hybridized carbons (Fsp3) is 0.308. The van der Waals surface area contributed by atoms with Crippen LogP contribution < -0.4 is 15.0 Å². The van der Waals surface area contributed by atoms with E-state index in [1.54, 1.807) is 25.8 Å². The predicted molar refractivity (Wildman–Crippen MR) is 71.2 cm³/mol. The molecule has 5 heteroatoms. The third kappa shape index (κ3) is 2.56. The minimum atomic E-state index is 0.588. The molecule has 2 heterocycles. The van der Waals surface area contributed by atoms with Crippen molar-refractivity contribution in [3.8, 4) is 5.88 Å². The molecule has 0 unspecified atom stereocenters. The third-order valence-corrected chi connectivity index (χ3v) is 2.62. The van der Waals surface area contributed by atoms with Crippen LogP contribution in [-0.2, 0) is 6.54 Å². The summed E-state index contributed by atoms with van der Waals surface area (Å²) in [4.78, 5) is 6.22. The highest BCUT2D eigenvalue weighted by atomic mass is 16.5. The molecule has 0 aliphatic rings. The zero-order valence-electron chi connectivity index (χ0n) is 10.8.